The molecule has 0 N–H and O–H groups in total. The number of rotatable bonds is 4. The summed E-state index contributed by atoms with van der Waals surface area (Å²) in [6.07, 6.45) is 1.58. The van der Waals surface area contributed by atoms with Gasteiger partial charge in [0.2, 0.25) is 10.0 Å². The molecule has 116 valence electrons. The minimum absolute atomic E-state index is 0.124. The van der Waals surface area contributed by atoms with Gasteiger partial charge in [0.1, 0.15) is 10.6 Å². The van der Waals surface area contributed by atoms with Crippen LogP contribution in [0.3, 0.4) is 0 Å². The average molecular weight is 314 g/mol. The van der Waals surface area contributed by atoms with Crippen LogP contribution in [0.1, 0.15) is 19.8 Å². The quantitative estimate of drug-likeness (QED) is 0.626. The van der Waals surface area contributed by atoms with Crippen molar-refractivity contribution in [1.82, 2.24) is 4.31 Å². The van der Waals surface area contributed by atoms with Crippen molar-refractivity contribution in [3.05, 3.63) is 28.3 Å². The van der Waals surface area contributed by atoms with Crippen molar-refractivity contribution < 1.29 is 18.1 Å². The number of hydrogen-bond donors (Lipinski definition) is 0. The maximum atomic E-state index is 12.7. The highest BCUT2D eigenvalue weighted by Crippen LogP contribution is 2.32. The number of nitro benzene ring substituents is 1. The molecule has 0 radical (unpaired) electrons. The summed E-state index contributed by atoms with van der Waals surface area (Å²) < 4.78 is 31.8. The zero-order valence-corrected chi connectivity index (χ0v) is 12.8. The first kappa shape index (κ1) is 15.7. The molecule has 0 aromatic heterocycles. The van der Waals surface area contributed by atoms with Gasteiger partial charge < -0.3 is 4.74 Å². The van der Waals surface area contributed by atoms with Crippen LogP contribution in [-0.2, 0) is 10.0 Å². The van der Waals surface area contributed by atoms with Crippen LogP contribution in [0.4, 0.5) is 5.69 Å². The Kier molecular flexibility index (Phi) is 4.48. The number of methoxy groups -OCH3 is 1. The molecule has 1 aromatic rings. The minimum Gasteiger partial charge on any atom is -0.495 e. The molecule has 0 amide bonds. The summed E-state index contributed by atoms with van der Waals surface area (Å²) in [6.45, 7) is 2.93. The molecular weight excluding hydrogens is 296 g/mol. The molecule has 8 heteroatoms. The smallest absolute Gasteiger partial charge is 0.271 e. The van der Waals surface area contributed by atoms with Crippen LogP contribution in [0.15, 0.2) is 23.1 Å². The topological polar surface area (TPSA) is 89.7 Å². The molecule has 0 saturated carbocycles. The summed E-state index contributed by atoms with van der Waals surface area (Å²) in [7, 11) is -2.43. The van der Waals surface area contributed by atoms with E-state index in [9.17, 15) is 18.5 Å². The molecule has 2 rings (SSSR count). The molecule has 1 heterocycles. The molecule has 0 aliphatic carbocycles. The SMILES string of the molecule is COc1ccc([N+](=O)[O-])cc1S(=O)(=O)N1CCC(C)CC1. The number of benzene rings is 1. The third kappa shape index (κ3) is 3.16. The summed E-state index contributed by atoms with van der Waals surface area (Å²) in [4.78, 5) is 10.1. The predicted molar refractivity (Wildman–Crippen MR) is 76.8 cm³/mol. The van der Waals surface area contributed by atoms with Crippen LogP contribution in [0.25, 0.3) is 0 Å². The maximum Gasteiger partial charge on any atom is 0.271 e. The fourth-order valence-corrected chi connectivity index (χ4v) is 3.99. The highest BCUT2D eigenvalue weighted by molar-refractivity contribution is 7.89. The summed E-state index contributed by atoms with van der Waals surface area (Å²) in [5, 5.41) is 10.9. The minimum atomic E-state index is -3.78. The molecule has 1 aromatic carbocycles. The van der Waals surface area contributed by atoms with Crippen LogP contribution >= 0.6 is 0 Å². The molecule has 1 saturated heterocycles. The van der Waals surface area contributed by atoms with E-state index in [0.717, 1.165) is 18.9 Å². The average Bonchev–Trinajstić information content (AvgIpc) is 2.46. The zero-order valence-electron chi connectivity index (χ0n) is 12.0. The largest absolute Gasteiger partial charge is 0.495 e. The van der Waals surface area contributed by atoms with E-state index in [-0.39, 0.29) is 16.3 Å². The monoisotopic (exact) mass is 314 g/mol. The van der Waals surface area contributed by atoms with E-state index in [1.165, 1.54) is 23.5 Å². The lowest BCUT2D eigenvalue weighted by Gasteiger charge is -2.29. The number of nitrogens with zero attached hydrogens (tertiary/aromatic N) is 2. The summed E-state index contributed by atoms with van der Waals surface area (Å²) in [5.41, 5.74) is -0.264. The Hall–Kier alpha value is -1.67. The molecule has 0 atom stereocenters. The molecule has 1 aliphatic rings. The van der Waals surface area contributed by atoms with Crippen LogP contribution in [0.5, 0.6) is 5.75 Å². The fourth-order valence-electron chi connectivity index (χ4n) is 2.34. The van der Waals surface area contributed by atoms with Crippen LogP contribution in [-0.4, -0.2) is 37.8 Å². The third-order valence-corrected chi connectivity index (χ3v) is 5.64. The van der Waals surface area contributed by atoms with Gasteiger partial charge in [-0.1, -0.05) is 6.92 Å². The second kappa shape index (κ2) is 5.98. The van der Waals surface area contributed by atoms with Crippen molar-refractivity contribution >= 4 is 15.7 Å². The molecule has 1 aliphatic heterocycles. The molecule has 0 unspecified atom stereocenters. The molecule has 21 heavy (non-hydrogen) atoms. The van der Waals surface area contributed by atoms with Gasteiger partial charge in [-0.05, 0) is 24.8 Å². The van der Waals surface area contributed by atoms with Gasteiger partial charge in [0.15, 0.2) is 0 Å². The van der Waals surface area contributed by atoms with Crippen LogP contribution < -0.4 is 4.74 Å². The van der Waals surface area contributed by atoms with Gasteiger partial charge in [0.05, 0.1) is 12.0 Å². The predicted octanol–water partition coefficient (Wildman–Crippen LogP) is 2.02. The fraction of sp³-hybridized carbons (Fsp3) is 0.538. The van der Waals surface area contributed by atoms with Gasteiger partial charge in [-0.2, -0.15) is 4.31 Å². The van der Waals surface area contributed by atoms with Gasteiger partial charge in [0.25, 0.3) is 5.69 Å². The Bertz CT molecular complexity index is 636. The highest BCUT2D eigenvalue weighted by Gasteiger charge is 2.31. The van der Waals surface area contributed by atoms with Crippen LogP contribution in [0, 0.1) is 16.0 Å². The Labute approximate surface area is 123 Å². The van der Waals surface area contributed by atoms with E-state index < -0.39 is 14.9 Å². The summed E-state index contributed by atoms with van der Waals surface area (Å²) >= 11 is 0. The Morgan fingerprint density at radius 3 is 2.48 bits per heavy atom. The number of piperidine rings is 1. The normalized spacial score (nSPS) is 17.6. The molecule has 0 spiro atoms. The summed E-state index contributed by atoms with van der Waals surface area (Å²) in [5.74, 6) is 0.614. The Morgan fingerprint density at radius 1 is 1.33 bits per heavy atom. The number of ether oxygens (including phenoxy) is 1. The first-order valence-corrected chi connectivity index (χ1v) is 8.13. The lowest BCUT2D eigenvalue weighted by Crippen LogP contribution is -2.38. The van der Waals surface area contributed by atoms with Crippen molar-refractivity contribution in [2.75, 3.05) is 20.2 Å². The van der Waals surface area contributed by atoms with E-state index in [4.69, 9.17) is 4.74 Å². The number of sulfonamides is 1. The van der Waals surface area contributed by atoms with Crippen molar-refractivity contribution in [1.29, 1.82) is 0 Å². The second-order valence-electron chi connectivity index (χ2n) is 5.18. The first-order chi connectivity index (χ1) is 9.86. The number of hydrogen-bond acceptors (Lipinski definition) is 5. The summed E-state index contributed by atoms with van der Waals surface area (Å²) in [6, 6.07) is 3.61. The van der Waals surface area contributed by atoms with Crippen molar-refractivity contribution in [3.63, 3.8) is 0 Å². The standard InChI is InChI=1S/C13H18N2O5S/c1-10-5-7-14(8-6-10)21(18,19)13-9-11(15(16)17)3-4-12(13)20-2/h3-4,9-10H,5-8H2,1-2H3. The first-order valence-electron chi connectivity index (χ1n) is 6.69. The van der Waals surface area contributed by atoms with E-state index in [2.05, 4.69) is 6.92 Å². The van der Waals surface area contributed by atoms with Gasteiger partial charge in [-0.25, -0.2) is 8.42 Å². The number of nitro groups is 1. The van der Waals surface area contributed by atoms with E-state index in [1.807, 2.05) is 0 Å². The molecular formula is C13H18N2O5S. The van der Waals surface area contributed by atoms with Crippen molar-refractivity contribution in [3.8, 4) is 5.75 Å². The lowest BCUT2D eigenvalue weighted by atomic mass is 10.0. The van der Waals surface area contributed by atoms with Crippen molar-refractivity contribution in [2.24, 2.45) is 5.92 Å². The highest BCUT2D eigenvalue weighted by atomic mass is 32.2. The Morgan fingerprint density at radius 2 is 1.95 bits per heavy atom. The van der Waals surface area contributed by atoms with Gasteiger partial charge in [-0.3, -0.25) is 10.1 Å². The van der Waals surface area contributed by atoms with Gasteiger partial charge in [-0.15, -0.1) is 0 Å². The Balaban J connectivity index is 2.43. The zero-order chi connectivity index (χ0) is 15.6. The van der Waals surface area contributed by atoms with Crippen molar-refractivity contribution in [2.45, 2.75) is 24.7 Å². The maximum absolute atomic E-state index is 12.7. The van der Waals surface area contributed by atoms with Crippen LogP contribution in [0.2, 0.25) is 0 Å². The van der Waals surface area contributed by atoms with E-state index in [1.54, 1.807) is 0 Å². The molecule has 1 fully saturated rings. The van der Waals surface area contributed by atoms with Gasteiger partial charge in [0, 0.05) is 25.2 Å². The molecule has 7 nitrogen and oxygen atoms in total. The second-order valence-corrected chi connectivity index (χ2v) is 7.09. The molecule has 0 bridgehead atoms. The van der Waals surface area contributed by atoms with Gasteiger partial charge >= 0.3 is 0 Å². The lowest BCUT2D eigenvalue weighted by molar-refractivity contribution is -0.385. The van der Waals surface area contributed by atoms with E-state index in [0.29, 0.717) is 19.0 Å². The third-order valence-electron chi connectivity index (χ3n) is 3.72. The number of non-ortho nitro benzene ring substituents is 1. The van der Waals surface area contributed by atoms with E-state index >= 15 is 0 Å².